The molecule has 0 spiro atoms. The monoisotopic (exact) mass is 310 g/mol. The predicted octanol–water partition coefficient (Wildman–Crippen LogP) is 4.10. The number of nitrogens with zero attached hydrogens (tertiary/aromatic N) is 2. The van der Waals surface area contributed by atoms with Gasteiger partial charge in [0.2, 0.25) is 0 Å². The molecule has 2 aromatic rings. The number of hydrogen-bond acceptors (Lipinski definition) is 4. The third-order valence-corrected chi connectivity index (χ3v) is 3.13. The van der Waals surface area contributed by atoms with E-state index in [2.05, 4.69) is 4.98 Å². The van der Waals surface area contributed by atoms with Gasteiger partial charge in [-0.3, -0.25) is 15.1 Å². The van der Waals surface area contributed by atoms with Crippen molar-refractivity contribution in [3.63, 3.8) is 0 Å². The Balaban J connectivity index is 2.33. The minimum Gasteiger partial charge on any atom is -0.478 e. The van der Waals surface area contributed by atoms with Gasteiger partial charge < -0.3 is 4.74 Å². The molecule has 0 amide bonds. The molecule has 1 aromatic carbocycles. The zero-order valence-electron chi connectivity index (χ0n) is 11.3. The Morgan fingerprint density at radius 3 is 2.67 bits per heavy atom. The second-order valence-electron chi connectivity index (χ2n) is 4.82. The number of ether oxygens (including phenoxy) is 1. The van der Waals surface area contributed by atoms with E-state index in [4.69, 9.17) is 16.3 Å². The van der Waals surface area contributed by atoms with E-state index in [-0.39, 0.29) is 11.4 Å². The van der Waals surface area contributed by atoms with Crippen LogP contribution in [0.1, 0.15) is 19.5 Å². The largest absolute Gasteiger partial charge is 0.478 e. The first-order valence-electron chi connectivity index (χ1n) is 6.05. The molecule has 2 rings (SSSR count). The Kier molecular flexibility index (Phi) is 4.09. The fraction of sp³-hybridized carbons (Fsp3) is 0.214. The lowest BCUT2D eigenvalue weighted by molar-refractivity contribution is -0.385. The molecule has 1 aromatic heterocycles. The summed E-state index contributed by atoms with van der Waals surface area (Å²) >= 11 is 6.06. The first kappa shape index (κ1) is 15.2. The van der Waals surface area contributed by atoms with Gasteiger partial charge in [0.15, 0.2) is 11.6 Å². The third kappa shape index (κ3) is 3.28. The number of aromatic nitrogens is 1. The number of benzene rings is 1. The highest BCUT2D eigenvalue weighted by Crippen LogP contribution is 2.33. The molecular formula is C14H12ClFN2O3. The van der Waals surface area contributed by atoms with Gasteiger partial charge in [-0.2, -0.15) is 0 Å². The summed E-state index contributed by atoms with van der Waals surface area (Å²) in [6, 6.07) is 6.53. The van der Waals surface area contributed by atoms with Crippen molar-refractivity contribution in [2.24, 2.45) is 0 Å². The smallest absolute Gasteiger partial charge is 0.272 e. The van der Waals surface area contributed by atoms with Crippen LogP contribution in [-0.2, 0) is 5.60 Å². The zero-order chi connectivity index (χ0) is 15.6. The number of pyridine rings is 1. The van der Waals surface area contributed by atoms with Gasteiger partial charge in [-0.1, -0.05) is 11.6 Å². The second-order valence-corrected chi connectivity index (χ2v) is 5.23. The predicted molar refractivity (Wildman–Crippen MR) is 76.0 cm³/mol. The van der Waals surface area contributed by atoms with E-state index >= 15 is 0 Å². The molecule has 110 valence electrons. The summed E-state index contributed by atoms with van der Waals surface area (Å²) in [6.07, 6.45) is 1.55. The number of non-ortho nitro benzene ring substituents is 1. The topological polar surface area (TPSA) is 65.3 Å². The molecule has 0 radical (unpaired) electrons. The first-order chi connectivity index (χ1) is 9.81. The average Bonchev–Trinajstić information content (AvgIpc) is 2.41. The fourth-order valence-electron chi connectivity index (χ4n) is 1.84. The molecule has 0 saturated carbocycles. The van der Waals surface area contributed by atoms with Gasteiger partial charge >= 0.3 is 0 Å². The molecule has 7 heteroatoms. The molecule has 0 aliphatic rings. The number of nitro groups is 1. The molecule has 0 aliphatic carbocycles. The molecule has 0 N–H and O–H groups in total. The minimum atomic E-state index is -0.991. The van der Waals surface area contributed by atoms with E-state index in [1.54, 1.807) is 32.2 Å². The van der Waals surface area contributed by atoms with Crippen molar-refractivity contribution in [3.05, 3.63) is 63.2 Å². The SMILES string of the molecule is CC(C)(Oc1ccc([N+](=O)[O-])cc1F)c1ncccc1Cl. The van der Waals surface area contributed by atoms with Crippen LogP contribution in [-0.4, -0.2) is 9.91 Å². The highest BCUT2D eigenvalue weighted by molar-refractivity contribution is 6.31. The van der Waals surface area contributed by atoms with Gasteiger partial charge in [0.25, 0.3) is 5.69 Å². The van der Waals surface area contributed by atoms with Crippen LogP contribution < -0.4 is 4.74 Å². The molecule has 0 fully saturated rings. The lowest BCUT2D eigenvalue weighted by Crippen LogP contribution is -2.27. The van der Waals surface area contributed by atoms with Crippen molar-refractivity contribution in [1.82, 2.24) is 4.98 Å². The molecule has 0 saturated heterocycles. The van der Waals surface area contributed by atoms with Crippen LogP contribution in [0.5, 0.6) is 5.75 Å². The van der Waals surface area contributed by atoms with Crippen molar-refractivity contribution in [2.75, 3.05) is 0 Å². The number of halogens is 2. The maximum atomic E-state index is 13.9. The molecule has 21 heavy (non-hydrogen) atoms. The Bertz CT molecular complexity index is 692. The zero-order valence-corrected chi connectivity index (χ0v) is 12.1. The molecule has 0 aliphatic heterocycles. The van der Waals surface area contributed by atoms with E-state index in [1.165, 1.54) is 12.1 Å². The molecule has 5 nitrogen and oxygen atoms in total. The van der Waals surface area contributed by atoms with Crippen molar-refractivity contribution in [2.45, 2.75) is 19.4 Å². The van der Waals surface area contributed by atoms with Crippen LogP contribution in [0.4, 0.5) is 10.1 Å². The summed E-state index contributed by atoms with van der Waals surface area (Å²) in [5.74, 6) is -0.920. The fourth-order valence-corrected chi connectivity index (χ4v) is 2.19. The quantitative estimate of drug-likeness (QED) is 0.630. The lowest BCUT2D eigenvalue weighted by atomic mass is 10.0. The Morgan fingerprint density at radius 2 is 2.10 bits per heavy atom. The number of hydrogen-bond donors (Lipinski definition) is 0. The summed E-state index contributed by atoms with van der Waals surface area (Å²) in [7, 11) is 0. The van der Waals surface area contributed by atoms with Gasteiger partial charge in [0, 0.05) is 12.3 Å². The van der Waals surface area contributed by atoms with Crippen LogP contribution >= 0.6 is 11.6 Å². The van der Waals surface area contributed by atoms with Crippen molar-refractivity contribution in [1.29, 1.82) is 0 Å². The van der Waals surface area contributed by atoms with Gasteiger partial charge in [-0.05, 0) is 32.0 Å². The lowest BCUT2D eigenvalue weighted by Gasteiger charge is -2.26. The maximum Gasteiger partial charge on any atom is 0.272 e. The first-order valence-corrected chi connectivity index (χ1v) is 6.43. The second kappa shape index (κ2) is 5.65. The van der Waals surface area contributed by atoms with Crippen molar-refractivity contribution < 1.29 is 14.1 Å². The van der Waals surface area contributed by atoms with E-state index in [1.807, 2.05) is 0 Å². The highest BCUT2D eigenvalue weighted by atomic mass is 35.5. The van der Waals surface area contributed by atoms with Crippen LogP contribution in [0.15, 0.2) is 36.5 Å². The van der Waals surface area contributed by atoms with E-state index in [0.29, 0.717) is 10.7 Å². The van der Waals surface area contributed by atoms with Crippen molar-refractivity contribution in [3.8, 4) is 5.75 Å². The molecule has 1 heterocycles. The summed E-state index contributed by atoms with van der Waals surface area (Å²) in [6.45, 7) is 3.37. The molecule has 0 bridgehead atoms. The van der Waals surface area contributed by atoms with E-state index in [0.717, 1.165) is 6.07 Å². The summed E-state index contributed by atoms with van der Waals surface area (Å²) < 4.78 is 19.5. The normalized spacial score (nSPS) is 11.2. The van der Waals surface area contributed by atoms with Gasteiger partial charge in [0.1, 0.15) is 11.3 Å². The number of rotatable bonds is 4. The van der Waals surface area contributed by atoms with Crippen LogP contribution in [0.2, 0.25) is 5.02 Å². The van der Waals surface area contributed by atoms with Gasteiger partial charge in [-0.25, -0.2) is 4.39 Å². The summed E-state index contributed by atoms with van der Waals surface area (Å²) in [5, 5.41) is 11.0. The third-order valence-electron chi connectivity index (χ3n) is 2.82. The van der Waals surface area contributed by atoms with E-state index < -0.39 is 16.3 Å². The standard InChI is InChI=1S/C14H12ClFN2O3/c1-14(2,13-10(15)4-3-7-17-13)21-12-6-5-9(18(19)20)8-11(12)16/h3-8H,1-2H3. The van der Waals surface area contributed by atoms with Crippen LogP contribution in [0, 0.1) is 15.9 Å². The van der Waals surface area contributed by atoms with E-state index in [9.17, 15) is 14.5 Å². The van der Waals surface area contributed by atoms with Gasteiger partial charge in [0.05, 0.1) is 16.0 Å². The van der Waals surface area contributed by atoms with Crippen molar-refractivity contribution >= 4 is 17.3 Å². The average molecular weight is 311 g/mol. The summed E-state index contributed by atoms with van der Waals surface area (Å²) in [4.78, 5) is 14.0. The molecule has 0 atom stereocenters. The molecule has 0 unspecified atom stereocenters. The summed E-state index contributed by atoms with van der Waals surface area (Å²) in [5.41, 5.74) is -0.882. The Morgan fingerprint density at radius 1 is 1.38 bits per heavy atom. The molecular weight excluding hydrogens is 299 g/mol. The Hall–Kier alpha value is -2.21. The minimum absolute atomic E-state index is 0.104. The van der Waals surface area contributed by atoms with Crippen LogP contribution in [0.25, 0.3) is 0 Å². The van der Waals surface area contributed by atoms with Gasteiger partial charge in [-0.15, -0.1) is 0 Å². The van der Waals surface area contributed by atoms with Crippen LogP contribution in [0.3, 0.4) is 0 Å². The Labute approximate surface area is 125 Å². The maximum absolute atomic E-state index is 13.9. The highest BCUT2D eigenvalue weighted by Gasteiger charge is 2.28. The number of nitro benzene ring substituents is 1.